The molecule has 3 rings (SSSR count). The fraction of sp³-hybridized carbons (Fsp3) is 0.391. The monoisotopic (exact) mass is 334 g/mol. The minimum atomic E-state index is 0.809. The van der Waals surface area contributed by atoms with Gasteiger partial charge >= 0.3 is 0 Å². The molecule has 0 aromatic heterocycles. The summed E-state index contributed by atoms with van der Waals surface area (Å²) < 4.78 is 0. The Morgan fingerprint density at radius 3 is 2.52 bits per heavy atom. The third-order valence-electron chi connectivity index (χ3n) is 4.85. The van der Waals surface area contributed by atoms with Crippen molar-refractivity contribution >= 4 is 12.2 Å². The van der Waals surface area contributed by atoms with Gasteiger partial charge in [-0.25, -0.2) is 0 Å². The Labute approximate surface area is 152 Å². The average molecular weight is 335 g/mol. The van der Waals surface area contributed by atoms with E-state index >= 15 is 0 Å². The predicted octanol–water partition coefficient (Wildman–Crippen LogP) is 4.51. The van der Waals surface area contributed by atoms with E-state index in [1.165, 1.54) is 41.5 Å². The first-order valence-electron chi connectivity index (χ1n) is 9.61. The highest BCUT2D eigenvalue weighted by molar-refractivity contribution is 5.69. The van der Waals surface area contributed by atoms with Gasteiger partial charge in [-0.15, -0.1) is 0 Å². The molecule has 2 N–H and O–H groups in total. The van der Waals surface area contributed by atoms with E-state index in [0.29, 0.717) is 0 Å². The summed E-state index contributed by atoms with van der Waals surface area (Å²) in [5.74, 6) is 0.809. The van der Waals surface area contributed by atoms with Crippen molar-refractivity contribution in [3.63, 3.8) is 0 Å². The van der Waals surface area contributed by atoms with Crippen molar-refractivity contribution in [2.45, 2.75) is 32.7 Å². The number of benzene rings is 2. The first-order valence-corrected chi connectivity index (χ1v) is 9.61. The SMILES string of the molecule is CCCCc1ccc(/C=C/c2cccc(CNCC3CNC3)c2)cc1. The van der Waals surface area contributed by atoms with Gasteiger partial charge in [-0.05, 0) is 41.0 Å². The zero-order valence-electron chi connectivity index (χ0n) is 15.3. The fourth-order valence-electron chi connectivity index (χ4n) is 3.09. The van der Waals surface area contributed by atoms with E-state index in [-0.39, 0.29) is 0 Å². The third-order valence-corrected chi connectivity index (χ3v) is 4.85. The Morgan fingerprint density at radius 2 is 1.80 bits per heavy atom. The van der Waals surface area contributed by atoms with Crippen LogP contribution in [0.3, 0.4) is 0 Å². The summed E-state index contributed by atoms with van der Waals surface area (Å²) in [5.41, 5.74) is 5.32. The first kappa shape index (κ1) is 17.9. The largest absolute Gasteiger partial charge is 0.316 e. The number of hydrogen-bond acceptors (Lipinski definition) is 2. The van der Waals surface area contributed by atoms with Crippen LogP contribution in [0.25, 0.3) is 12.2 Å². The molecule has 0 saturated carbocycles. The minimum absolute atomic E-state index is 0.809. The summed E-state index contributed by atoms with van der Waals surface area (Å²) in [4.78, 5) is 0. The lowest BCUT2D eigenvalue weighted by molar-refractivity contribution is 0.331. The highest BCUT2D eigenvalue weighted by Crippen LogP contribution is 2.13. The normalized spacial score (nSPS) is 14.8. The van der Waals surface area contributed by atoms with Crippen LogP contribution in [0.4, 0.5) is 0 Å². The average Bonchev–Trinajstić information content (AvgIpc) is 2.61. The van der Waals surface area contributed by atoms with Gasteiger partial charge in [-0.2, -0.15) is 0 Å². The Balaban J connectivity index is 1.52. The predicted molar refractivity (Wildman–Crippen MR) is 108 cm³/mol. The molecule has 0 unspecified atom stereocenters. The highest BCUT2D eigenvalue weighted by Gasteiger charge is 2.15. The van der Waals surface area contributed by atoms with Crippen molar-refractivity contribution in [2.24, 2.45) is 5.92 Å². The van der Waals surface area contributed by atoms with Crippen LogP contribution in [-0.2, 0) is 13.0 Å². The smallest absolute Gasteiger partial charge is 0.0205 e. The standard InChI is InChI=1S/C23H30N2/c1-2-3-5-19-8-10-20(11-9-19)12-13-21-6-4-7-22(14-21)15-24-16-23-17-25-18-23/h4,6-14,23-25H,2-3,5,15-18H2,1H3/b13-12+. The van der Waals surface area contributed by atoms with E-state index in [2.05, 4.69) is 78.2 Å². The molecule has 1 saturated heterocycles. The molecular formula is C23H30N2. The van der Waals surface area contributed by atoms with Crippen molar-refractivity contribution in [1.82, 2.24) is 10.6 Å². The molecule has 0 spiro atoms. The molecule has 1 aliphatic rings. The molecule has 1 fully saturated rings. The van der Waals surface area contributed by atoms with E-state index in [0.717, 1.165) is 32.1 Å². The second-order valence-electron chi connectivity index (χ2n) is 7.08. The summed E-state index contributed by atoms with van der Waals surface area (Å²) in [6.07, 6.45) is 8.13. The van der Waals surface area contributed by atoms with E-state index in [9.17, 15) is 0 Å². The topological polar surface area (TPSA) is 24.1 Å². The molecular weight excluding hydrogens is 304 g/mol. The molecule has 2 aromatic carbocycles. The zero-order valence-corrected chi connectivity index (χ0v) is 15.3. The summed E-state index contributed by atoms with van der Waals surface area (Å²) in [7, 11) is 0. The third kappa shape index (κ3) is 5.84. The molecule has 0 radical (unpaired) electrons. The summed E-state index contributed by atoms with van der Waals surface area (Å²) in [5, 5.41) is 6.88. The molecule has 1 aliphatic heterocycles. The highest BCUT2D eigenvalue weighted by atomic mass is 15.0. The van der Waals surface area contributed by atoms with Crippen molar-refractivity contribution < 1.29 is 0 Å². The number of aryl methyl sites for hydroxylation is 1. The van der Waals surface area contributed by atoms with Gasteiger partial charge in [0, 0.05) is 26.2 Å². The van der Waals surface area contributed by atoms with Crippen LogP contribution in [-0.4, -0.2) is 19.6 Å². The molecule has 2 nitrogen and oxygen atoms in total. The lowest BCUT2D eigenvalue weighted by Crippen LogP contribution is -2.47. The van der Waals surface area contributed by atoms with E-state index < -0.39 is 0 Å². The Bertz CT molecular complexity index is 669. The lowest BCUT2D eigenvalue weighted by atomic mass is 10.0. The maximum Gasteiger partial charge on any atom is 0.0205 e. The maximum atomic E-state index is 3.56. The fourth-order valence-corrected chi connectivity index (χ4v) is 3.09. The first-order chi connectivity index (χ1) is 12.3. The van der Waals surface area contributed by atoms with Crippen LogP contribution in [0.5, 0.6) is 0 Å². The second-order valence-corrected chi connectivity index (χ2v) is 7.08. The molecule has 0 atom stereocenters. The Kier molecular flexibility index (Phi) is 6.84. The van der Waals surface area contributed by atoms with Gasteiger partial charge in [0.1, 0.15) is 0 Å². The number of rotatable bonds is 9. The maximum absolute atomic E-state index is 3.56. The molecule has 132 valence electrons. The number of unbranched alkanes of at least 4 members (excludes halogenated alkanes) is 1. The Hall–Kier alpha value is -1.90. The summed E-state index contributed by atoms with van der Waals surface area (Å²) in [6.45, 7) is 6.62. The van der Waals surface area contributed by atoms with Crippen LogP contribution in [0.2, 0.25) is 0 Å². The number of nitrogens with one attached hydrogen (secondary N) is 2. The van der Waals surface area contributed by atoms with Crippen LogP contribution < -0.4 is 10.6 Å². The lowest BCUT2D eigenvalue weighted by Gasteiger charge is -2.27. The van der Waals surface area contributed by atoms with Gasteiger partial charge < -0.3 is 10.6 Å². The molecule has 0 amide bonds. The molecule has 2 aromatic rings. The van der Waals surface area contributed by atoms with Crippen molar-refractivity contribution in [3.8, 4) is 0 Å². The summed E-state index contributed by atoms with van der Waals surface area (Å²) >= 11 is 0. The molecule has 25 heavy (non-hydrogen) atoms. The molecule has 0 aliphatic carbocycles. The quantitative estimate of drug-likeness (QED) is 0.659. The van der Waals surface area contributed by atoms with Crippen molar-refractivity contribution in [2.75, 3.05) is 19.6 Å². The van der Waals surface area contributed by atoms with Gasteiger partial charge in [0.25, 0.3) is 0 Å². The number of hydrogen-bond donors (Lipinski definition) is 2. The van der Waals surface area contributed by atoms with Crippen LogP contribution in [0.1, 0.15) is 42.0 Å². The van der Waals surface area contributed by atoms with E-state index in [4.69, 9.17) is 0 Å². The second kappa shape index (κ2) is 9.55. The van der Waals surface area contributed by atoms with E-state index in [1.54, 1.807) is 0 Å². The van der Waals surface area contributed by atoms with Gasteiger partial charge in [0.05, 0.1) is 0 Å². The van der Waals surface area contributed by atoms with Gasteiger partial charge in [-0.1, -0.05) is 74.0 Å². The van der Waals surface area contributed by atoms with E-state index in [1.807, 2.05) is 0 Å². The van der Waals surface area contributed by atoms with Gasteiger partial charge in [-0.3, -0.25) is 0 Å². The molecule has 1 heterocycles. The van der Waals surface area contributed by atoms with Gasteiger partial charge in [0.2, 0.25) is 0 Å². The van der Waals surface area contributed by atoms with Crippen LogP contribution in [0, 0.1) is 5.92 Å². The van der Waals surface area contributed by atoms with Crippen LogP contribution >= 0.6 is 0 Å². The van der Waals surface area contributed by atoms with Crippen molar-refractivity contribution in [1.29, 1.82) is 0 Å². The van der Waals surface area contributed by atoms with Crippen LogP contribution in [0.15, 0.2) is 48.5 Å². The van der Waals surface area contributed by atoms with Gasteiger partial charge in [0.15, 0.2) is 0 Å². The minimum Gasteiger partial charge on any atom is -0.316 e. The van der Waals surface area contributed by atoms with Crippen molar-refractivity contribution in [3.05, 3.63) is 70.8 Å². The molecule has 0 bridgehead atoms. The zero-order chi connectivity index (χ0) is 17.3. The molecule has 2 heteroatoms. The summed E-state index contributed by atoms with van der Waals surface area (Å²) in [6, 6.07) is 17.8. The Morgan fingerprint density at radius 1 is 1.00 bits per heavy atom.